The van der Waals surface area contributed by atoms with E-state index in [4.69, 9.17) is 9.72 Å². The third-order valence-corrected chi connectivity index (χ3v) is 4.66. The van der Waals surface area contributed by atoms with Gasteiger partial charge in [-0.05, 0) is 30.7 Å². The maximum absolute atomic E-state index is 12.8. The lowest BCUT2D eigenvalue weighted by atomic mass is 10.1. The maximum Gasteiger partial charge on any atom is 0.335 e. The summed E-state index contributed by atoms with van der Waals surface area (Å²) in [5.41, 5.74) is 3.63. The van der Waals surface area contributed by atoms with Gasteiger partial charge in [-0.2, -0.15) is 0 Å². The number of para-hydroxylation sites is 1. The number of benzene rings is 1. The first-order valence-electron chi connectivity index (χ1n) is 8.55. The first-order chi connectivity index (χ1) is 12.6. The van der Waals surface area contributed by atoms with Crippen molar-refractivity contribution in [3.05, 3.63) is 63.9 Å². The molecule has 2 aromatic heterocycles. The van der Waals surface area contributed by atoms with Gasteiger partial charge in [0.1, 0.15) is 6.61 Å². The number of pyridine rings is 2. The Hall–Kier alpha value is -2.99. The van der Waals surface area contributed by atoms with E-state index in [2.05, 4.69) is 6.07 Å². The van der Waals surface area contributed by atoms with Crippen LogP contribution in [0, 0.1) is 0 Å². The predicted octanol–water partition coefficient (Wildman–Crippen LogP) is 2.24. The highest BCUT2D eigenvalue weighted by atomic mass is 16.5. The molecule has 0 spiro atoms. The Bertz CT molecular complexity index is 1070. The summed E-state index contributed by atoms with van der Waals surface area (Å²) in [6.07, 6.45) is -0.885. The van der Waals surface area contributed by atoms with Crippen LogP contribution in [-0.2, 0) is 22.7 Å². The molecule has 1 atom stereocenters. The van der Waals surface area contributed by atoms with Crippen molar-refractivity contribution in [1.29, 1.82) is 0 Å². The standard InChI is InChI=1S/C20H18N2O4/c1-2-17(23)20(25)26-11-13-7-8-16-18-14(10-22(16)19(13)24)9-12-5-3-4-6-15(12)21-18/h3-9,17,23H,2,10-11H2,1H3/t17-/m1/s1. The number of hydrogen-bond acceptors (Lipinski definition) is 5. The SMILES string of the molecule is CC[C@@H](O)C(=O)OCc1ccc2n(c1=O)Cc1cc3ccccc3nc1-2. The topological polar surface area (TPSA) is 81.4 Å². The highest BCUT2D eigenvalue weighted by Crippen LogP contribution is 2.31. The molecule has 1 aromatic carbocycles. The average Bonchev–Trinajstić information content (AvgIpc) is 3.03. The number of aliphatic hydroxyl groups excluding tert-OH is 1. The van der Waals surface area contributed by atoms with Crippen molar-refractivity contribution in [1.82, 2.24) is 9.55 Å². The van der Waals surface area contributed by atoms with Gasteiger partial charge in [-0.1, -0.05) is 25.1 Å². The minimum absolute atomic E-state index is 0.152. The molecule has 1 aliphatic heterocycles. The quantitative estimate of drug-likeness (QED) is 0.571. The third-order valence-electron chi connectivity index (χ3n) is 4.66. The molecule has 3 heterocycles. The fraction of sp³-hybridized carbons (Fsp3) is 0.250. The molecule has 0 saturated heterocycles. The van der Waals surface area contributed by atoms with Gasteiger partial charge in [-0.15, -0.1) is 0 Å². The molecule has 0 unspecified atom stereocenters. The number of carbonyl (C=O) groups excluding carboxylic acids is 1. The summed E-state index contributed by atoms with van der Waals surface area (Å²) in [4.78, 5) is 29.1. The van der Waals surface area contributed by atoms with Gasteiger partial charge in [0.25, 0.3) is 5.56 Å². The van der Waals surface area contributed by atoms with Crippen LogP contribution in [0.3, 0.4) is 0 Å². The Labute approximate surface area is 149 Å². The molecule has 6 nitrogen and oxygen atoms in total. The second kappa shape index (κ2) is 6.38. The van der Waals surface area contributed by atoms with Gasteiger partial charge in [0.2, 0.25) is 0 Å². The molecule has 0 saturated carbocycles. The van der Waals surface area contributed by atoms with Gasteiger partial charge >= 0.3 is 5.97 Å². The zero-order valence-electron chi connectivity index (χ0n) is 14.3. The summed E-state index contributed by atoms with van der Waals surface area (Å²) in [7, 11) is 0. The monoisotopic (exact) mass is 350 g/mol. The summed E-state index contributed by atoms with van der Waals surface area (Å²) in [6, 6.07) is 13.4. The summed E-state index contributed by atoms with van der Waals surface area (Å²) in [5, 5.41) is 10.5. The van der Waals surface area contributed by atoms with Gasteiger partial charge in [0, 0.05) is 10.9 Å². The Balaban J connectivity index is 1.67. The van der Waals surface area contributed by atoms with E-state index in [1.165, 1.54) is 0 Å². The normalized spacial score (nSPS) is 13.3. The van der Waals surface area contributed by atoms with E-state index in [9.17, 15) is 14.7 Å². The summed E-state index contributed by atoms with van der Waals surface area (Å²) in [5.74, 6) is -0.714. The van der Waals surface area contributed by atoms with Crippen LogP contribution in [0.15, 0.2) is 47.3 Å². The van der Waals surface area contributed by atoms with Gasteiger partial charge in [0.05, 0.1) is 29.0 Å². The molecular weight excluding hydrogens is 332 g/mol. The van der Waals surface area contributed by atoms with Gasteiger partial charge < -0.3 is 14.4 Å². The van der Waals surface area contributed by atoms with Crippen molar-refractivity contribution in [3.63, 3.8) is 0 Å². The van der Waals surface area contributed by atoms with Gasteiger partial charge in [-0.25, -0.2) is 9.78 Å². The maximum atomic E-state index is 12.8. The smallest absolute Gasteiger partial charge is 0.335 e. The van der Waals surface area contributed by atoms with Crippen molar-refractivity contribution < 1.29 is 14.6 Å². The number of esters is 1. The van der Waals surface area contributed by atoms with Crippen molar-refractivity contribution in [2.75, 3.05) is 0 Å². The highest BCUT2D eigenvalue weighted by molar-refractivity contribution is 5.83. The minimum atomic E-state index is -1.16. The lowest BCUT2D eigenvalue weighted by molar-refractivity contribution is -0.155. The number of carbonyl (C=O) groups is 1. The van der Waals surface area contributed by atoms with Crippen LogP contribution in [0.25, 0.3) is 22.3 Å². The molecule has 0 fully saturated rings. The molecule has 0 amide bonds. The first kappa shape index (κ1) is 16.5. The zero-order chi connectivity index (χ0) is 18.3. The van der Waals surface area contributed by atoms with Crippen LogP contribution in [0.2, 0.25) is 0 Å². The molecule has 132 valence electrons. The number of rotatable bonds is 4. The van der Waals surface area contributed by atoms with Crippen LogP contribution in [0.5, 0.6) is 0 Å². The Morgan fingerprint density at radius 2 is 2.12 bits per heavy atom. The zero-order valence-corrected chi connectivity index (χ0v) is 14.3. The minimum Gasteiger partial charge on any atom is -0.459 e. The van der Waals surface area contributed by atoms with E-state index in [0.717, 1.165) is 27.9 Å². The summed E-state index contributed by atoms with van der Waals surface area (Å²) < 4.78 is 6.69. The van der Waals surface area contributed by atoms with E-state index < -0.39 is 12.1 Å². The number of nitrogens with zero attached hydrogens (tertiary/aromatic N) is 2. The second-order valence-corrected chi connectivity index (χ2v) is 6.36. The molecule has 6 heteroatoms. The number of ether oxygens (including phenoxy) is 1. The molecule has 26 heavy (non-hydrogen) atoms. The molecule has 3 aromatic rings. The van der Waals surface area contributed by atoms with Crippen molar-refractivity contribution in [3.8, 4) is 11.4 Å². The van der Waals surface area contributed by atoms with Crippen molar-refractivity contribution >= 4 is 16.9 Å². The summed E-state index contributed by atoms with van der Waals surface area (Å²) >= 11 is 0. The fourth-order valence-electron chi connectivity index (χ4n) is 3.18. The molecule has 0 bridgehead atoms. The highest BCUT2D eigenvalue weighted by Gasteiger charge is 2.23. The largest absolute Gasteiger partial charge is 0.459 e. The molecule has 0 aliphatic carbocycles. The summed E-state index contributed by atoms with van der Waals surface area (Å²) in [6.45, 7) is 1.98. The fourth-order valence-corrected chi connectivity index (χ4v) is 3.18. The molecule has 0 radical (unpaired) electrons. The third kappa shape index (κ3) is 2.68. The van der Waals surface area contributed by atoms with E-state index >= 15 is 0 Å². The van der Waals surface area contributed by atoms with Crippen LogP contribution in [0.4, 0.5) is 0 Å². The number of hydrogen-bond donors (Lipinski definition) is 1. The Morgan fingerprint density at radius 1 is 1.31 bits per heavy atom. The van der Waals surface area contributed by atoms with Gasteiger partial charge in [-0.3, -0.25) is 4.79 Å². The second-order valence-electron chi connectivity index (χ2n) is 6.36. The molecular formula is C20H18N2O4. The molecule has 1 aliphatic rings. The Kier molecular flexibility index (Phi) is 4.05. The van der Waals surface area contributed by atoms with Crippen LogP contribution in [-0.4, -0.2) is 26.7 Å². The van der Waals surface area contributed by atoms with E-state index in [1.807, 2.05) is 30.3 Å². The van der Waals surface area contributed by atoms with Crippen molar-refractivity contribution in [2.45, 2.75) is 32.6 Å². The number of aliphatic hydroxyl groups is 1. The molecule has 1 N–H and O–H groups in total. The molecule has 4 rings (SSSR count). The average molecular weight is 350 g/mol. The van der Waals surface area contributed by atoms with E-state index in [1.54, 1.807) is 17.6 Å². The predicted molar refractivity (Wildman–Crippen MR) is 96.6 cm³/mol. The van der Waals surface area contributed by atoms with Crippen molar-refractivity contribution in [2.24, 2.45) is 0 Å². The van der Waals surface area contributed by atoms with Gasteiger partial charge in [0.15, 0.2) is 6.10 Å². The number of fused-ring (bicyclic) bond motifs is 4. The number of aromatic nitrogens is 2. The van der Waals surface area contributed by atoms with E-state index in [0.29, 0.717) is 12.1 Å². The Morgan fingerprint density at radius 3 is 2.92 bits per heavy atom. The van der Waals surface area contributed by atoms with Crippen LogP contribution < -0.4 is 5.56 Å². The van der Waals surface area contributed by atoms with E-state index in [-0.39, 0.29) is 18.6 Å². The van der Waals surface area contributed by atoms with Crippen LogP contribution in [0.1, 0.15) is 24.5 Å². The lowest BCUT2D eigenvalue weighted by Crippen LogP contribution is -2.26. The van der Waals surface area contributed by atoms with Crippen LogP contribution >= 0.6 is 0 Å². The first-order valence-corrected chi connectivity index (χ1v) is 8.55. The lowest BCUT2D eigenvalue weighted by Gasteiger charge is -2.10.